The van der Waals surface area contributed by atoms with E-state index in [0.29, 0.717) is 11.4 Å². The average molecular weight is 359 g/mol. The summed E-state index contributed by atoms with van der Waals surface area (Å²) in [6.07, 6.45) is 3.23. The monoisotopic (exact) mass is 357 g/mol. The lowest BCUT2D eigenvalue weighted by Gasteiger charge is -2.16. The Labute approximate surface area is 131 Å². The van der Waals surface area contributed by atoms with E-state index >= 15 is 0 Å². The van der Waals surface area contributed by atoms with Crippen molar-refractivity contribution in [3.63, 3.8) is 0 Å². The zero-order valence-corrected chi connectivity index (χ0v) is 13.7. The third-order valence-corrected chi connectivity index (χ3v) is 4.45. The van der Waals surface area contributed by atoms with Crippen molar-refractivity contribution in [3.05, 3.63) is 44.9 Å². The molecule has 0 radical (unpaired) electrons. The van der Waals surface area contributed by atoms with Gasteiger partial charge < -0.3 is 0 Å². The number of hydrazine groups is 1. The lowest BCUT2D eigenvalue weighted by atomic mass is 10.1. The number of rotatable bonds is 5. The smallest absolute Gasteiger partial charge is 0.0776 e. The molecule has 108 valence electrons. The fourth-order valence-electron chi connectivity index (χ4n) is 2.12. The minimum Gasteiger partial charge on any atom is -0.271 e. The van der Waals surface area contributed by atoms with Gasteiger partial charge in [0.1, 0.15) is 0 Å². The summed E-state index contributed by atoms with van der Waals surface area (Å²) in [5.41, 5.74) is 5.61. The second-order valence-corrected chi connectivity index (χ2v) is 5.68. The second-order valence-electron chi connectivity index (χ2n) is 4.48. The Kier molecular flexibility index (Phi) is 5.15. The molecule has 0 aromatic carbocycles. The summed E-state index contributed by atoms with van der Waals surface area (Å²) in [7, 11) is 1.92. The number of aromatic nitrogens is 3. The molecule has 3 N–H and O–H groups in total. The summed E-state index contributed by atoms with van der Waals surface area (Å²) in [5, 5.41) is 5.08. The summed E-state index contributed by atoms with van der Waals surface area (Å²) in [5.74, 6) is 5.67. The van der Waals surface area contributed by atoms with Gasteiger partial charge in [0.25, 0.3) is 0 Å². The highest BCUT2D eigenvalue weighted by molar-refractivity contribution is 9.10. The van der Waals surface area contributed by atoms with Crippen LogP contribution < -0.4 is 11.3 Å². The summed E-state index contributed by atoms with van der Waals surface area (Å²) in [6.45, 7) is 2.07. The van der Waals surface area contributed by atoms with Gasteiger partial charge in [-0.05, 0) is 34.5 Å². The highest BCUT2D eigenvalue weighted by Gasteiger charge is 2.20. The van der Waals surface area contributed by atoms with E-state index in [4.69, 9.17) is 17.4 Å². The van der Waals surface area contributed by atoms with Gasteiger partial charge in [0.15, 0.2) is 0 Å². The minimum absolute atomic E-state index is 0.167. The maximum absolute atomic E-state index is 6.18. The molecule has 0 bridgehead atoms. The fraction of sp³-hybridized carbons (Fsp3) is 0.385. The van der Waals surface area contributed by atoms with E-state index in [0.717, 1.165) is 28.0 Å². The molecular formula is C13H17BrClN5. The third kappa shape index (κ3) is 3.03. The van der Waals surface area contributed by atoms with Crippen LogP contribution in [0.4, 0.5) is 0 Å². The highest BCUT2D eigenvalue weighted by atomic mass is 79.9. The largest absolute Gasteiger partial charge is 0.271 e. The molecule has 0 aliphatic rings. The Balaban J connectivity index is 2.32. The van der Waals surface area contributed by atoms with Crippen LogP contribution in [-0.4, -0.2) is 14.8 Å². The van der Waals surface area contributed by atoms with Crippen LogP contribution >= 0.6 is 27.5 Å². The maximum Gasteiger partial charge on any atom is 0.0776 e. The Morgan fingerprint density at radius 1 is 1.55 bits per heavy atom. The number of hydrogen-bond donors (Lipinski definition) is 2. The van der Waals surface area contributed by atoms with Crippen LogP contribution in [0.1, 0.15) is 30.0 Å². The Morgan fingerprint density at radius 3 is 2.85 bits per heavy atom. The number of hydrogen-bond acceptors (Lipinski definition) is 4. The SMILES string of the molecule is CCc1nn(C)c(CC(NN)c2ncccc2Cl)c1Br. The average Bonchev–Trinajstić information content (AvgIpc) is 2.72. The summed E-state index contributed by atoms with van der Waals surface area (Å²) in [4.78, 5) is 4.31. The molecule has 0 aliphatic heterocycles. The van der Waals surface area contributed by atoms with E-state index in [1.165, 1.54) is 0 Å². The van der Waals surface area contributed by atoms with E-state index in [2.05, 4.69) is 38.4 Å². The number of halogens is 2. The predicted molar refractivity (Wildman–Crippen MR) is 83.3 cm³/mol. The molecule has 20 heavy (non-hydrogen) atoms. The fourth-order valence-corrected chi connectivity index (χ4v) is 3.16. The Morgan fingerprint density at radius 2 is 2.30 bits per heavy atom. The van der Waals surface area contributed by atoms with Crippen LogP contribution in [0, 0.1) is 0 Å². The van der Waals surface area contributed by atoms with Gasteiger partial charge in [-0.2, -0.15) is 5.10 Å². The number of nitrogens with zero attached hydrogens (tertiary/aromatic N) is 3. The van der Waals surface area contributed by atoms with Crippen molar-refractivity contribution in [2.75, 3.05) is 0 Å². The second kappa shape index (κ2) is 6.67. The molecule has 0 spiro atoms. The van der Waals surface area contributed by atoms with Crippen molar-refractivity contribution < 1.29 is 0 Å². The third-order valence-electron chi connectivity index (χ3n) is 3.22. The lowest BCUT2D eigenvalue weighted by molar-refractivity contribution is 0.517. The molecule has 0 saturated carbocycles. The van der Waals surface area contributed by atoms with Gasteiger partial charge in [0.05, 0.1) is 32.6 Å². The van der Waals surface area contributed by atoms with E-state index in [1.807, 2.05) is 17.8 Å². The molecular weight excluding hydrogens is 342 g/mol. The zero-order chi connectivity index (χ0) is 14.7. The molecule has 0 aliphatic carbocycles. The summed E-state index contributed by atoms with van der Waals surface area (Å²) in [6, 6.07) is 3.44. The van der Waals surface area contributed by atoms with Crippen molar-refractivity contribution in [2.45, 2.75) is 25.8 Å². The van der Waals surface area contributed by atoms with Crippen molar-refractivity contribution >= 4 is 27.5 Å². The molecule has 1 unspecified atom stereocenters. The predicted octanol–water partition coefficient (Wildman–Crippen LogP) is 2.54. The first-order valence-corrected chi connectivity index (χ1v) is 7.52. The Bertz CT molecular complexity index is 598. The highest BCUT2D eigenvalue weighted by Crippen LogP contribution is 2.28. The van der Waals surface area contributed by atoms with Gasteiger partial charge in [0.2, 0.25) is 0 Å². The molecule has 7 heteroatoms. The maximum atomic E-state index is 6.18. The molecule has 2 heterocycles. The molecule has 2 aromatic heterocycles. The normalized spacial score (nSPS) is 12.7. The van der Waals surface area contributed by atoms with Crippen LogP contribution in [0.15, 0.2) is 22.8 Å². The van der Waals surface area contributed by atoms with Gasteiger partial charge in [-0.3, -0.25) is 20.9 Å². The van der Waals surface area contributed by atoms with Crippen LogP contribution in [0.5, 0.6) is 0 Å². The van der Waals surface area contributed by atoms with Crippen LogP contribution in [0.3, 0.4) is 0 Å². The van der Waals surface area contributed by atoms with Gasteiger partial charge in [0, 0.05) is 19.7 Å². The van der Waals surface area contributed by atoms with E-state index < -0.39 is 0 Å². The first-order chi connectivity index (χ1) is 9.58. The van der Waals surface area contributed by atoms with Crippen molar-refractivity contribution in [1.82, 2.24) is 20.2 Å². The molecule has 2 aromatic rings. The van der Waals surface area contributed by atoms with E-state index in [9.17, 15) is 0 Å². The lowest BCUT2D eigenvalue weighted by Crippen LogP contribution is -2.31. The van der Waals surface area contributed by atoms with Gasteiger partial charge in [-0.15, -0.1) is 0 Å². The number of nitrogens with one attached hydrogen (secondary N) is 1. The Hall–Kier alpha value is -0.950. The van der Waals surface area contributed by atoms with Gasteiger partial charge in [-0.1, -0.05) is 18.5 Å². The molecule has 0 amide bonds. The number of aryl methyl sites for hydroxylation is 2. The van der Waals surface area contributed by atoms with Gasteiger partial charge in [-0.25, -0.2) is 0 Å². The number of pyridine rings is 1. The minimum atomic E-state index is -0.167. The molecule has 0 saturated heterocycles. The molecule has 5 nitrogen and oxygen atoms in total. The molecule has 1 atom stereocenters. The number of nitrogens with two attached hydrogens (primary N) is 1. The first-order valence-electron chi connectivity index (χ1n) is 6.35. The molecule has 0 fully saturated rings. The quantitative estimate of drug-likeness (QED) is 0.636. The summed E-state index contributed by atoms with van der Waals surface area (Å²) < 4.78 is 2.89. The van der Waals surface area contributed by atoms with Crippen molar-refractivity contribution in [1.29, 1.82) is 0 Å². The van der Waals surface area contributed by atoms with Crippen LogP contribution in [0.2, 0.25) is 5.02 Å². The first kappa shape index (κ1) is 15.4. The zero-order valence-electron chi connectivity index (χ0n) is 11.4. The van der Waals surface area contributed by atoms with Crippen LogP contribution in [-0.2, 0) is 19.9 Å². The summed E-state index contributed by atoms with van der Waals surface area (Å²) >= 11 is 9.79. The van der Waals surface area contributed by atoms with Gasteiger partial charge >= 0.3 is 0 Å². The van der Waals surface area contributed by atoms with E-state index in [1.54, 1.807) is 12.3 Å². The van der Waals surface area contributed by atoms with Crippen molar-refractivity contribution in [2.24, 2.45) is 12.9 Å². The van der Waals surface area contributed by atoms with Crippen molar-refractivity contribution in [3.8, 4) is 0 Å². The van der Waals surface area contributed by atoms with E-state index in [-0.39, 0.29) is 6.04 Å². The standard InChI is InChI=1S/C13H17BrClN5/c1-3-9-12(14)11(20(2)19-9)7-10(18-16)13-8(15)5-4-6-17-13/h4-6,10,18H,3,7,16H2,1-2H3. The topological polar surface area (TPSA) is 68.8 Å². The van der Waals surface area contributed by atoms with Crippen LogP contribution in [0.25, 0.3) is 0 Å². The molecule has 2 rings (SSSR count).